The number of benzene rings is 2. The number of hydrogen-bond donors (Lipinski definition) is 0. The van der Waals surface area contributed by atoms with Crippen LogP contribution in [-0.2, 0) is 14.3 Å². The Hall–Kier alpha value is -2.44. The monoisotopic (exact) mass is 444 g/mol. The van der Waals surface area contributed by atoms with Crippen molar-refractivity contribution in [2.24, 2.45) is 5.92 Å². The van der Waals surface area contributed by atoms with Crippen molar-refractivity contribution >= 4 is 5.97 Å². The van der Waals surface area contributed by atoms with Crippen molar-refractivity contribution < 1.29 is 28.1 Å². The number of unbranched alkanes of at least 4 members (excludes halogenated alkanes) is 3. The molecule has 0 amide bonds. The summed E-state index contributed by atoms with van der Waals surface area (Å²) >= 11 is 0. The second kappa shape index (κ2) is 12.6. The molecule has 1 heterocycles. The maximum absolute atomic E-state index is 14.5. The number of esters is 1. The molecule has 1 fully saturated rings. The van der Waals surface area contributed by atoms with E-state index in [0.29, 0.717) is 42.4 Å². The minimum Gasteiger partial charge on any atom is -0.493 e. The minimum absolute atomic E-state index is 0.233. The lowest BCUT2D eigenvalue weighted by atomic mass is 10.0. The molecule has 0 unspecified atom stereocenters. The summed E-state index contributed by atoms with van der Waals surface area (Å²) in [5, 5.41) is 0. The molecule has 0 bridgehead atoms. The first-order valence-corrected chi connectivity index (χ1v) is 11.6. The SMILES string of the molecule is CCCCCC1OCC(C(=O)Oc2ccc(-c3ccc(OCCCC)cc3F)cc2)CO1. The van der Waals surface area contributed by atoms with Gasteiger partial charge in [0.2, 0.25) is 0 Å². The fourth-order valence-corrected chi connectivity index (χ4v) is 3.46. The van der Waals surface area contributed by atoms with E-state index in [4.69, 9.17) is 18.9 Å². The lowest BCUT2D eigenvalue weighted by molar-refractivity contribution is -0.208. The average molecular weight is 445 g/mol. The predicted molar refractivity (Wildman–Crippen MR) is 121 cm³/mol. The Bertz CT molecular complexity index is 844. The summed E-state index contributed by atoms with van der Waals surface area (Å²) in [6, 6.07) is 11.7. The van der Waals surface area contributed by atoms with Crippen LogP contribution < -0.4 is 9.47 Å². The molecule has 5 nitrogen and oxygen atoms in total. The van der Waals surface area contributed by atoms with Crippen LogP contribution in [0.3, 0.4) is 0 Å². The zero-order valence-corrected chi connectivity index (χ0v) is 19.0. The molecule has 6 heteroatoms. The van der Waals surface area contributed by atoms with Crippen LogP contribution in [-0.4, -0.2) is 32.1 Å². The molecule has 0 aromatic heterocycles. The van der Waals surface area contributed by atoms with Crippen LogP contribution in [0.1, 0.15) is 52.4 Å². The van der Waals surface area contributed by atoms with Crippen LogP contribution in [0.4, 0.5) is 4.39 Å². The van der Waals surface area contributed by atoms with Crippen LogP contribution in [0, 0.1) is 11.7 Å². The summed E-state index contributed by atoms with van der Waals surface area (Å²) in [5.74, 6) is -0.258. The zero-order chi connectivity index (χ0) is 22.8. The van der Waals surface area contributed by atoms with Gasteiger partial charge in [-0.05, 0) is 49.1 Å². The van der Waals surface area contributed by atoms with Gasteiger partial charge in [-0.25, -0.2) is 4.39 Å². The summed E-state index contributed by atoms with van der Waals surface area (Å²) in [6.07, 6.45) is 5.91. The Balaban J connectivity index is 1.51. The second-order valence-corrected chi connectivity index (χ2v) is 8.08. The quantitative estimate of drug-likeness (QED) is 0.236. The maximum Gasteiger partial charge on any atom is 0.319 e. The first-order valence-electron chi connectivity index (χ1n) is 11.6. The highest BCUT2D eigenvalue weighted by atomic mass is 19.1. The lowest BCUT2D eigenvalue weighted by Crippen LogP contribution is -2.38. The van der Waals surface area contributed by atoms with E-state index in [9.17, 15) is 9.18 Å². The molecule has 1 aliphatic rings. The van der Waals surface area contributed by atoms with E-state index in [1.165, 1.54) is 6.07 Å². The molecule has 0 N–H and O–H groups in total. The van der Waals surface area contributed by atoms with E-state index in [-0.39, 0.29) is 18.1 Å². The Labute approximate surface area is 189 Å². The Morgan fingerprint density at radius 1 is 0.969 bits per heavy atom. The van der Waals surface area contributed by atoms with Crippen LogP contribution in [0.2, 0.25) is 0 Å². The average Bonchev–Trinajstić information content (AvgIpc) is 2.81. The van der Waals surface area contributed by atoms with Crippen LogP contribution >= 0.6 is 0 Å². The molecule has 0 aliphatic carbocycles. The minimum atomic E-state index is -0.449. The molecule has 0 saturated carbocycles. The van der Waals surface area contributed by atoms with Gasteiger partial charge in [0.25, 0.3) is 0 Å². The predicted octanol–water partition coefficient (Wildman–Crippen LogP) is 6.15. The summed E-state index contributed by atoms with van der Waals surface area (Å²) in [7, 11) is 0. The topological polar surface area (TPSA) is 54.0 Å². The summed E-state index contributed by atoms with van der Waals surface area (Å²) < 4.78 is 36.9. The Kier molecular flexibility index (Phi) is 9.50. The second-order valence-electron chi connectivity index (χ2n) is 8.08. The fraction of sp³-hybridized carbons (Fsp3) is 0.500. The summed E-state index contributed by atoms with van der Waals surface area (Å²) in [4.78, 5) is 12.4. The van der Waals surface area contributed by atoms with Crippen molar-refractivity contribution in [1.29, 1.82) is 0 Å². The van der Waals surface area contributed by atoms with E-state index in [1.807, 2.05) is 0 Å². The van der Waals surface area contributed by atoms with Crippen molar-refractivity contribution in [3.8, 4) is 22.6 Å². The number of carbonyl (C=O) groups excluding carboxylic acids is 1. The van der Waals surface area contributed by atoms with Gasteiger partial charge in [-0.15, -0.1) is 0 Å². The molecule has 2 aromatic carbocycles. The molecule has 3 rings (SSSR count). The van der Waals surface area contributed by atoms with Crippen LogP contribution in [0.5, 0.6) is 11.5 Å². The molecular formula is C26H33FO5. The first kappa shape index (κ1) is 24.2. The van der Waals surface area contributed by atoms with E-state index < -0.39 is 5.92 Å². The van der Waals surface area contributed by atoms with E-state index in [0.717, 1.165) is 38.5 Å². The summed E-state index contributed by atoms with van der Waals surface area (Å²) in [6.45, 7) is 5.40. The largest absolute Gasteiger partial charge is 0.493 e. The molecule has 1 saturated heterocycles. The van der Waals surface area contributed by atoms with Gasteiger partial charge >= 0.3 is 5.97 Å². The first-order chi connectivity index (χ1) is 15.6. The highest BCUT2D eigenvalue weighted by Crippen LogP contribution is 2.28. The highest BCUT2D eigenvalue weighted by Gasteiger charge is 2.29. The molecule has 174 valence electrons. The lowest BCUT2D eigenvalue weighted by Gasteiger charge is -2.28. The Morgan fingerprint density at radius 2 is 1.66 bits per heavy atom. The fourth-order valence-electron chi connectivity index (χ4n) is 3.46. The van der Waals surface area contributed by atoms with Crippen molar-refractivity contribution in [1.82, 2.24) is 0 Å². The van der Waals surface area contributed by atoms with Crippen molar-refractivity contribution in [3.05, 3.63) is 48.3 Å². The number of halogens is 1. The van der Waals surface area contributed by atoms with Crippen molar-refractivity contribution in [3.63, 3.8) is 0 Å². The molecular weight excluding hydrogens is 411 g/mol. The van der Waals surface area contributed by atoms with Gasteiger partial charge in [0, 0.05) is 11.6 Å². The molecule has 32 heavy (non-hydrogen) atoms. The smallest absolute Gasteiger partial charge is 0.319 e. The van der Waals surface area contributed by atoms with E-state index in [2.05, 4.69) is 13.8 Å². The van der Waals surface area contributed by atoms with Gasteiger partial charge in [0.05, 0.1) is 19.8 Å². The van der Waals surface area contributed by atoms with Gasteiger partial charge in [-0.3, -0.25) is 4.79 Å². The maximum atomic E-state index is 14.5. The van der Waals surface area contributed by atoms with E-state index in [1.54, 1.807) is 36.4 Å². The Morgan fingerprint density at radius 3 is 2.31 bits per heavy atom. The third-order valence-corrected chi connectivity index (χ3v) is 5.43. The number of rotatable bonds is 11. The third kappa shape index (κ3) is 7.04. The molecule has 2 aromatic rings. The molecule has 0 atom stereocenters. The van der Waals surface area contributed by atoms with E-state index >= 15 is 0 Å². The van der Waals surface area contributed by atoms with Crippen LogP contribution in [0.25, 0.3) is 11.1 Å². The standard InChI is InChI=1S/C26H33FO5/c1-3-5-7-8-25-30-17-20(18-31-25)26(28)32-21-11-9-19(10-12-21)23-14-13-22(16-24(23)27)29-15-6-4-2/h9-14,16,20,25H,3-8,15,17-18H2,1-2H3. The molecule has 0 radical (unpaired) electrons. The number of ether oxygens (including phenoxy) is 4. The zero-order valence-electron chi connectivity index (χ0n) is 19.0. The molecule has 1 aliphatic heterocycles. The van der Waals surface area contributed by atoms with Gasteiger partial charge in [0.1, 0.15) is 23.2 Å². The van der Waals surface area contributed by atoms with Gasteiger partial charge in [-0.1, -0.05) is 45.2 Å². The van der Waals surface area contributed by atoms with Crippen LogP contribution in [0.15, 0.2) is 42.5 Å². The van der Waals surface area contributed by atoms with Gasteiger partial charge in [0.15, 0.2) is 6.29 Å². The van der Waals surface area contributed by atoms with Gasteiger partial charge < -0.3 is 18.9 Å². The summed E-state index contributed by atoms with van der Waals surface area (Å²) in [5.41, 5.74) is 1.16. The van der Waals surface area contributed by atoms with Gasteiger partial charge in [-0.2, -0.15) is 0 Å². The highest BCUT2D eigenvalue weighted by molar-refractivity contribution is 5.76. The van der Waals surface area contributed by atoms with Crippen molar-refractivity contribution in [2.45, 2.75) is 58.7 Å². The van der Waals surface area contributed by atoms with Crippen molar-refractivity contribution in [2.75, 3.05) is 19.8 Å². The molecule has 0 spiro atoms. The normalized spacial score (nSPS) is 18.3. The number of hydrogen-bond acceptors (Lipinski definition) is 5. The number of carbonyl (C=O) groups is 1. The third-order valence-electron chi connectivity index (χ3n) is 5.43.